The smallest absolute Gasteiger partial charge is 0.308 e. The van der Waals surface area contributed by atoms with Crippen molar-refractivity contribution in [1.82, 2.24) is 0 Å². The van der Waals surface area contributed by atoms with Crippen molar-refractivity contribution >= 4 is 5.97 Å². The van der Waals surface area contributed by atoms with Gasteiger partial charge in [-0.25, -0.2) is 0 Å². The average molecular weight is 342 g/mol. The zero-order valence-corrected chi connectivity index (χ0v) is 14.8. The lowest BCUT2D eigenvalue weighted by Gasteiger charge is -2.67. The van der Waals surface area contributed by atoms with Gasteiger partial charge in [-0.15, -0.1) is 0 Å². The van der Waals surface area contributed by atoms with Crippen molar-refractivity contribution < 1.29 is 19.4 Å². The molecule has 1 aromatic rings. The second-order valence-electron chi connectivity index (χ2n) is 8.69. The minimum atomic E-state index is -0.185. The fraction of sp³-hybridized carbons (Fsp3) is 0.667. The van der Waals surface area contributed by atoms with E-state index >= 15 is 0 Å². The van der Waals surface area contributed by atoms with Crippen molar-refractivity contribution in [3.05, 3.63) is 29.8 Å². The van der Waals surface area contributed by atoms with Crippen LogP contribution in [0.3, 0.4) is 0 Å². The van der Waals surface area contributed by atoms with Crippen molar-refractivity contribution in [1.29, 1.82) is 0 Å². The molecular formula is C21H26O4. The number of ether oxygens (including phenoxy) is 2. The largest absolute Gasteiger partial charge is 0.508 e. The number of hydrogen-bond donors (Lipinski definition) is 1. The Hall–Kier alpha value is -1.55. The summed E-state index contributed by atoms with van der Waals surface area (Å²) < 4.78 is 11.4. The van der Waals surface area contributed by atoms with Gasteiger partial charge in [0.05, 0.1) is 25.2 Å². The molecule has 0 radical (unpaired) electrons. The van der Waals surface area contributed by atoms with Crippen molar-refractivity contribution in [3.63, 3.8) is 0 Å². The van der Waals surface area contributed by atoms with Crippen LogP contribution in [0.5, 0.6) is 5.75 Å². The Bertz CT molecular complexity index is 726. The van der Waals surface area contributed by atoms with Crippen molar-refractivity contribution in [2.45, 2.75) is 50.5 Å². The lowest BCUT2D eigenvalue weighted by molar-refractivity contribution is -0.210. The van der Waals surface area contributed by atoms with Crippen LogP contribution in [-0.2, 0) is 19.9 Å². The van der Waals surface area contributed by atoms with Gasteiger partial charge < -0.3 is 14.6 Å². The number of aromatic hydroxyl groups is 1. The number of rotatable bonds is 5. The van der Waals surface area contributed by atoms with E-state index in [0.29, 0.717) is 11.7 Å². The summed E-state index contributed by atoms with van der Waals surface area (Å²) in [6.45, 7) is 0.832. The zero-order chi connectivity index (χ0) is 17.3. The number of esters is 1. The highest BCUT2D eigenvalue weighted by atomic mass is 16.5. The molecule has 25 heavy (non-hydrogen) atoms. The predicted octanol–water partition coefficient (Wildman–Crippen LogP) is 3.77. The fourth-order valence-corrected chi connectivity index (χ4v) is 6.30. The van der Waals surface area contributed by atoms with Crippen LogP contribution in [-0.4, -0.2) is 24.8 Å². The summed E-state index contributed by atoms with van der Waals surface area (Å²) in [6, 6.07) is 7.67. The summed E-state index contributed by atoms with van der Waals surface area (Å²) in [7, 11) is 1.49. The first-order valence-corrected chi connectivity index (χ1v) is 9.57. The molecule has 4 aliphatic rings. The van der Waals surface area contributed by atoms with Gasteiger partial charge >= 0.3 is 5.97 Å². The molecule has 0 bridgehead atoms. The van der Waals surface area contributed by atoms with Crippen LogP contribution in [0.1, 0.15) is 50.5 Å². The molecule has 1 spiro atoms. The molecule has 5 atom stereocenters. The Morgan fingerprint density at radius 1 is 1.32 bits per heavy atom. The van der Waals surface area contributed by atoms with E-state index in [4.69, 9.17) is 9.47 Å². The van der Waals surface area contributed by atoms with Crippen LogP contribution < -0.4 is 0 Å². The lowest BCUT2D eigenvalue weighted by Crippen LogP contribution is -2.64. The Labute approximate surface area is 148 Å². The topological polar surface area (TPSA) is 55.8 Å². The van der Waals surface area contributed by atoms with Gasteiger partial charge in [-0.2, -0.15) is 0 Å². The van der Waals surface area contributed by atoms with E-state index < -0.39 is 0 Å². The molecule has 1 heterocycles. The Morgan fingerprint density at radius 3 is 2.80 bits per heavy atom. The second kappa shape index (κ2) is 5.00. The molecule has 1 saturated heterocycles. The van der Waals surface area contributed by atoms with Crippen molar-refractivity contribution in [3.8, 4) is 5.75 Å². The molecule has 1 aromatic carbocycles. The van der Waals surface area contributed by atoms with Crippen LogP contribution in [0, 0.1) is 22.7 Å². The van der Waals surface area contributed by atoms with Gasteiger partial charge in [0, 0.05) is 10.8 Å². The molecular weight excluding hydrogens is 316 g/mol. The summed E-state index contributed by atoms with van der Waals surface area (Å²) in [4.78, 5) is 11.7. The number of phenols is 1. The van der Waals surface area contributed by atoms with E-state index in [-0.39, 0.29) is 28.3 Å². The molecule has 4 heteroatoms. The normalized spacial score (nSPS) is 43.4. The van der Waals surface area contributed by atoms with Crippen LogP contribution >= 0.6 is 0 Å². The van der Waals surface area contributed by atoms with E-state index in [0.717, 1.165) is 37.9 Å². The molecule has 1 N–H and O–H groups in total. The summed E-state index contributed by atoms with van der Waals surface area (Å²) in [6.07, 6.45) is 8.03. The predicted molar refractivity (Wildman–Crippen MR) is 91.9 cm³/mol. The molecule has 3 saturated carbocycles. The zero-order valence-electron chi connectivity index (χ0n) is 14.8. The first-order valence-electron chi connectivity index (χ1n) is 9.57. The highest BCUT2D eigenvalue weighted by molar-refractivity contribution is 5.75. The van der Waals surface area contributed by atoms with Crippen molar-refractivity contribution in [2.75, 3.05) is 13.7 Å². The molecule has 5 rings (SSSR count). The second-order valence-corrected chi connectivity index (χ2v) is 8.69. The third-order valence-electron chi connectivity index (χ3n) is 8.05. The standard InChI is InChI=1S/C21H26O4/c1-24-18(23)17-11-14(17)5-6-19-7-8-20(19)9-10-21(20,25-13-19)15-3-2-4-16(22)12-15/h2-4,12,14,17,22H,5-11,13H2,1H3/t14-,17-,19?,20?,21?/m0/s1. The van der Waals surface area contributed by atoms with Gasteiger partial charge in [0.2, 0.25) is 0 Å². The summed E-state index contributed by atoms with van der Waals surface area (Å²) in [5.74, 6) is 0.937. The quantitative estimate of drug-likeness (QED) is 0.828. The Kier molecular flexibility index (Phi) is 3.14. The maximum Gasteiger partial charge on any atom is 0.308 e. The van der Waals surface area contributed by atoms with Gasteiger partial charge in [0.15, 0.2) is 0 Å². The molecule has 134 valence electrons. The van der Waals surface area contributed by atoms with Gasteiger partial charge in [0.25, 0.3) is 0 Å². The van der Waals surface area contributed by atoms with E-state index in [1.54, 1.807) is 6.07 Å². The van der Waals surface area contributed by atoms with Gasteiger partial charge in [-0.3, -0.25) is 4.79 Å². The lowest BCUT2D eigenvalue weighted by atomic mass is 9.36. The van der Waals surface area contributed by atoms with Gasteiger partial charge in [0.1, 0.15) is 5.75 Å². The van der Waals surface area contributed by atoms with Crippen LogP contribution in [0.25, 0.3) is 0 Å². The first kappa shape index (κ1) is 15.7. The van der Waals surface area contributed by atoms with Crippen LogP contribution in [0.2, 0.25) is 0 Å². The fourth-order valence-electron chi connectivity index (χ4n) is 6.30. The highest BCUT2D eigenvalue weighted by Gasteiger charge is 2.78. The van der Waals surface area contributed by atoms with Gasteiger partial charge in [-0.1, -0.05) is 12.1 Å². The van der Waals surface area contributed by atoms with Crippen LogP contribution in [0.15, 0.2) is 24.3 Å². The van der Waals surface area contributed by atoms with E-state index in [9.17, 15) is 9.90 Å². The maximum absolute atomic E-state index is 11.7. The Balaban J connectivity index is 1.34. The minimum absolute atomic E-state index is 0.0359. The molecule has 1 aliphatic heterocycles. The third-order valence-corrected chi connectivity index (χ3v) is 8.05. The average Bonchev–Trinajstić information content (AvgIpc) is 3.33. The number of methoxy groups -OCH3 is 1. The summed E-state index contributed by atoms with van der Waals surface area (Å²) >= 11 is 0. The van der Waals surface area contributed by atoms with Crippen molar-refractivity contribution in [2.24, 2.45) is 22.7 Å². The molecule has 0 amide bonds. The van der Waals surface area contributed by atoms with E-state index in [2.05, 4.69) is 6.07 Å². The Morgan fingerprint density at radius 2 is 2.16 bits per heavy atom. The first-order chi connectivity index (χ1) is 12.1. The monoisotopic (exact) mass is 342 g/mol. The number of hydrogen-bond acceptors (Lipinski definition) is 4. The number of carbonyl (C=O) groups excluding carboxylic acids is 1. The van der Waals surface area contributed by atoms with E-state index in [1.807, 2.05) is 12.1 Å². The van der Waals surface area contributed by atoms with E-state index in [1.165, 1.54) is 26.4 Å². The summed E-state index contributed by atoms with van der Waals surface area (Å²) in [5.41, 5.74) is 1.50. The molecule has 0 aromatic heterocycles. The highest BCUT2D eigenvalue weighted by Crippen LogP contribution is 2.81. The molecule has 3 unspecified atom stereocenters. The van der Waals surface area contributed by atoms with Crippen LogP contribution in [0.4, 0.5) is 0 Å². The maximum atomic E-state index is 11.7. The number of phenolic OH excluding ortho intramolecular Hbond substituents is 1. The molecule has 3 aliphatic carbocycles. The number of carbonyl (C=O) groups is 1. The van der Waals surface area contributed by atoms with Gasteiger partial charge in [-0.05, 0) is 68.6 Å². The molecule has 4 nitrogen and oxygen atoms in total. The molecule has 4 fully saturated rings. The SMILES string of the molecule is COC(=O)[C@H]1C[C@@H]1CCC12CCC13CCC3(c1cccc(O)c1)OC2. The minimum Gasteiger partial charge on any atom is -0.508 e. The number of benzene rings is 1. The summed E-state index contributed by atoms with van der Waals surface area (Å²) in [5, 5.41) is 9.92. The third kappa shape index (κ3) is 1.84.